The van der Waals surface area contributed by atoms with E-state index in [-0.39, 0.29) is 5.91 Å². The minimum Gasteiger partial charge on any atom is -0.325 e. The fraction of sp³-hybridized carbons (Fsp3) is 0.278. The summed E-state index contributed by atoms with van der Waals surface area (Å²) in [7, 11) is 0. The predicted octanol–water partition coefficient (Wildman–Crippen LogP) is 4.15. The van der Waals surface area contributed by atoms with E-state index in [1.165, 1.54) is 11.1 Å². The molecule has 0 aliphatic carbocycles. The van der Waals surface area contributed by atoms with Crippen LogP contribution in [0.15, 0.2) is 42.5 Å². The van der Waals surface area contributed by atoms with Crippen molar-refractivity contribution in [2.75, 3.05) is 5.32 Å². The van der Waals surface area contributed by atoms with Gasteiger partial charge in [-0.1, -0.05) is 37.3 Å². The van der Waals surface area contributed by atoms with Gasteiger partial charge in [0.25, 0.3) is 0 Å². The minimum absolute atomic E-state index is 0.0750. The lowest BCUT2D eigenvalue weighted by Crippen LogP contribution is -2.26. The number of carbonyl (C=O) groups is 1. The summed E-state index contributed by atoms with van der Waals surface area (Å²) in [6, 6.07) is 14.8. The number of fused-ring (bicyclic) bond motifs is 1. The lowest BCUT2D eigenvalue weighted by atomic mass is 9.84. The number of nitrogens with one attached hydrogen (secondary N) is 1. The number of anilines is 1. The summed E-state index contributed by atoms with van der Waals surface area (Å²) in [6.07, 6.45) is 1.05. The van der Waals surface area contributed by atoms with Gasteiger partial charge in [-0.2, -0.15) is 0 Å². The third-order valence-corrected chi connectivity index (χ3v) is 4.20. The maximum Gasteiger partial charge on any atom is 0.234 e. The molecule has 0 fully saturated rings. The van der Waals surface area contributed by atoms with Crippen molar-refractivity contribution < 1.29 is 4.79 Å². The van der Waals surface area contributed by atoms with Crippen LogP contribution in [-0.2, 0) is 16.6 Å². The van der Waals surface area contributed by atoms with Gasteiger partial charge in [-0.3, -0.25) is 4.79 Å². The molecule has 0 aromatic heterocycles. The van der Waals surface area contributed by atoms with Crippen LogP contribution in [0.4, 0.5) is 5.69 Å². The highest BCUT2D eigenvalue weighted by Gasteiger charge is 2.38. The van der Waals surface area contributed by atoms with Crippen LogP contribution < -0.4 is 5.32 Å². The first-order valence-corrected chi connectivity index (χ1v) is 7.07. The number of carbonyl (C=O) groups excluding carboxylic acids is 1. The van der Waals surface area contributed by atoms with Gasteiger partial charge in [0.15, 0.2) is 0 Å². The summed E-state index contributed by atoms with van der Waals surface area (Å²) in [5, 5.41) is 2.95. The topological polar surface area (TPSA) is 29.1 Å². The van der Waals surface area contributed by atoms with E-state index in [0.717, 1.165) is 23.2 Å². The summed E-state index contributed by atoms with van der Waals surface area (Å²) in [4.78, 5) is 12.0. The smallest absolute Gasteiger partial charge is 0.234 e. The second kappa shape index (κ2) is 4.48. The van der Waals surface area contributed by atoms with Gasteiger partial charge in [0.1, 0.15) is 0 Å². The normalized spacial score (nSPS) is 15.8. The van der Waals surface area contributed by atoms with Crippen LogP contribution in [0, 0.1) is 0 Å². The zero-order chi connectivity index (χ0) is 14.3. The molecule has 2 aromatic rings. The van der Waals surface area contributed by atoms with Gasteiger partial charge in [0.2, 0.25) is 5.91 Å². The molecule has 0 saturated heterocycles. The molecule has 0 saturated carbocycles. The molecule has 102 valence electrons. The molecule has 0 atom stereocenters. The molecule has 2 heteroatoms. The SMILES string of the molecule is CCc1ccc(-c2ccc3c(c2)C(C)(C)C(=O)N3)cc1. The van der Waals surface area contributed by atoms with E-state index in [1.807, 2.05) is 19.9 Å². The van der Waals surface area contributed by atoms with Crippen molar-refractivity contribution in [3.05, 3.63) is 53.6 Å². The third-order valence-electron chi connectivity index (χ3n) is 4.20. The minimum atomic E-state index is -0.450. The van der Waals surface area contributed by atoms with Crippen molar-refractivity contribution in [1.29, 1.82) is 0 Å². The maximum atomic E-state index is 12.0. The number of rotatable bonds is 2. The van der Waals surface area contributed by atoms with Crippen molar-refractivity contribution in [3.63, 3.8) is 0 Å². The Bertz CT molecular complexity index is 668. The predicted molar refractivity (Wildman–Crippen MR) is 82.9 cm³/mol. The lowest BCUT2D eigenvalue weighted by molar-refractivity contribution is -0.119. The summed E-state index contributed by atoms with van der Waals surface area (Å²) < 4.78 is 0. The molecule has 1 amide bonds. The van der Waals surface area contributed by atoms with Gasteiger partial charge in [-0.15, -0.1) is 0 Å². The molecule has 0 unspecified atom stereocenters. The summed E-state index contributed by atoms with van der Waals surface area (Å²) in [5.41, 5.74) is 5.27. The van der Waals surface area contributed by atoms with Crippen molar-refractivity contribution in [3.8, 4) is 11.1 Å². The molecule has 0 bridgehead atoms. The molecule has 2 aromatic carbocycles. The van der Waals surface area contributed by atoms with Crippen LogP contribution in [0.3, 0.4) is 0 Å². The first-order valence-electron chi connectivity index (χ1n) is 7.07. The fourth-order valence-electron chi connectivity index (χ4n) is 2.68. The zero-order valence-electron chi connectivity index (χ0n) is 12.2. The fourth-order valence-corrected chi connectivity index (χ4v) is 2.68. The van der Waals surface area contributed by atoms with Crippen LogP contribution in [0.25, 0.3) is 11.1 Å². The van der Waals surface area contributed by atoms with Crippen LogP contribution in [-0.4, -0.2) is 5.91 Å². The molecule has 1 aliphatic rings. The Morgan fingerprint density at radius 2 is 1.65 bits per heavy atom. The molecular weight excluding hydrogens is 246 g/mol. The highest BCUT2D eigenvalue weighted by Crippen LogP contribution is 2.39. The Kier molecular flexibility index (Phi) is 2.89. The molecule has 1 heterocycles. The van der Waals surface area contributed by atoms with E-state index in [2.05, 4.69) is 48.6 Å². The lowest BCUT2D eigenvalue weighted by Gasteiger charge is -2.16. The van der Waals surface area contributed by atoms with Crippen LogP contribution in [0.1, 0.15) is 31.9 Å². The standard InChI is InChI=1S/C18H19NO/c1-4-12-5-7-13(8-6-12)14-9-10-16-15(11-14)18(2,3)17(20)19-16/h5-11H,4H2,1-3H3,(H,19,20). The Labute approximate surface area is 119 Å². The quantitative estimate of drug-likeness (QED) is 0.868. The van der Waals surface area contributed by atoms with E-state index >= 15 is 0 Å². The monoisotopic (exact) mass is 265 g/mol. The second-order valence-electron chi connectivity index (χ2n) is 5.89. The van der Waals surface area contributed by atoms with Crippen LogP contribution in [0.2, 0.25) is 0 Å². The number of hydrogen-bond acceptors (Lipinski definition) is 1. The number of hydrogen-bond donors (Lipinski definition) is 1. The number of benzene rings is 2. The first kappa shape index (κ1) is 12.9. The Morgan fingerprint density at radius 1 is 1.00 bits per heavy atom. The van der Waals surface area contributed by atoms with E-state index in [4.69, 9.17) is 0 Å². The number of amides is 1. The zero-order valence-corrected chi connectivity index (χ0v) is 12.2. The summed E-state index contributed by atoms with van der Waals surface area (Å²) >= 11 is 0. The van der Waals surface area contributed by atoms with Gasteiger partial charge < -0.3 is 5.32 Å². The molecule has 0 spiro atoms. The van der Waals surface area contributed by atoms with Crippen LogP contribution >= 0.6 is 0 Å². The van der Waals surface area contributed by atoms with Crippen molar-refractivity contribution in [2.45, 2.75) is 32.6 Å². The van der Waals surface area contributed by atoms with E-state index in [1.54, 1.807) is 0 Å². The summed E-state index contributed by atoms with van der Waals surface area (Å²) in [5.74, 6) is 0.0750. The summed E-state index contributed by atoms with van der Waals surface area (Å²) in [6.45, 7) is 6.10. The van der Waals surface area contributed by atoms with E-state index < -0.39 is 5.41 Å². The highest BCUT2D eigenvalue weighted by molar-refractivity contribution is 6.06. The van der Waals surface area contributed by atoms with E-state index in [9.17, 15) is 4.79 Å². The average Bonchev–Trinajstić information content (AvgIpc) is 2.69. The molecule has 1 N–H and O–H groups in total. The van der Waals surface area contributed by atoms with Crippen molar-refractivity contribution >= 4 is 11.6 Å². The highest BCUT2D eigenvalue weighted by atomic mass is 16.2. The average molecular weight is 265 g/mol. The van der Waals surface area contributed by atoms with Crippen LogP contribution in [0.5, 0.6) is 0 Å². The maximum absolute atomic E-state index is 12.0. The molecule has 0 radical (unpaired) electrons. The third kappa shape index (κ3) is 1.92. The molecule has 2 nitrogen and oxygen atoms in total. The van der Waals surface area contributed by atoms with E-state index in [0.29, 0.717) is 0 Å². The Morgan fingerprint density at radius 3 is 2.30 bits per heavy atom. The van der Waals surface area contributed by atoms with Gasteiger partial charge in [-0.25, -0.2) is 0 Å². The van der Waals surface area contributed by atoms with Gasteiger partial charge in [-0.05, 0) is 54.7 Å². The van der Waals surface area contributed by atoms with Gasteiger partial charge in [0.05, 0.1) is 5.41 Å². The van der Waals surface area contributed by atoms with Crippen molar-refractivity contribution in [1.82, 2.24) is 0 Å². The van der Waals surface area contributed by atoms with Gasteiger partial charge in [0, 0.05) is 5.69 Å². The molecule has 20 heavy (non-hydrogen) atoms. The molecule has 1 aliphatic heterocycles. The second-order valence-corrected chi connectivity index (χ2v) is 5.89. The first-order chi connectivity index (χ1) is 9.52. The molecule has 3 rings (SSSR count). The largest absolute Gasteiger partial charge is 0.325 e. The van der Waals surface area contributed by atoms with Gasteiger partial charge >= 0.3 is 0 Å². The van der Waals surface area contributed by atoms with Crippen molar-refractivity contribution in [2.24, 2.45) is 0 Å². The Balaban J connectivity index is 2.05. The number of aryl methyl sites for hydroxylation is 1. The Hall–Kier alpha value is -2.09. The molecular formula is C18H19NO.